The van der Waals surface area contributed by atoms with Gasteiger partial charge in [-0.15, -0.1) is 0 Å². The lowest BCUT2D eigenvalue weighted by Crippen LogP contribution is -2.41. The van der Waals surface area contributed by atoms with Crippen molar-refractivity contribution in [3.63, 3.8) is 0 Å². The molecule has 2 N–H and O–H groups in total. The molecule has 4 rings (SSSR count). The van der Waals surface area contributed by atoms with Gasteiger partial charge in [-0.2, -0.15) is 0 Å². The van der Waals surface area contributed by atoms with E-state index in [1.54, 1.807) is 36.5 Å². The van der Waals surface area contributed by atoms with Crippen LogP contribution in [0.2, 0.25) is 5.02 Å². The van der Waals surface area contributed by atoms with Crippen molar-refractivity contribution in [1.29, 1.82) is 0 Å². The predicted molar refractivity (Wildman–Crippen MR) is 113 cm³/mol. The molecule has 0 unspecified atom stereocenters. The van der Waals surface area contributed by atoms with Gasteiger partial charge in [-0.3, -0.25) is 4.98 Å². The second-order valence-electron chi connectivity index (χ2n) is 6.33. The molecular formula is C20H16ClFN4O3S. The molecule has 0 spiro atoms. The van der Waals surface area contributed by atoms with Crippen molar-refractivity contribution in [2.75, 3.05) is 12.4 Å². The Bertz CT molecular complexity index is 1260. The van der Waals surface area contributed by atoms with Gasteiger partial charge in [0.2, 0.25) is 5.96 Å². The zero-order chi connectivity index (χ0) is 21.3. The van der Waals surface area contributed by atoms with Crippen LogP contribution in [0, 0.1) is 5.82 Å². The smallest absolute Gasteiger partial charge is 0.266 e. The van der Waals surface area contributed by atoms with Crippen molar-refractivity contribution in [3.05, 3.63) is 71.3 Å². The maximum atomic E-state index is 14.0. The first-order chi connectivity index (χ1) is 14.4. The van der Waals surface area contributed by atoms with Crippen molar-refractivity contribution in [3.8, 4) is 16.9 Å². The van der Waals surface area contributed by atoms with Gasteiger partial charge in [-0.25, -0.2) is 22.5 Å². The minimum absolute atomic E-state index is 0.00898. The van der Waals surface area contributed by atoms with Crippen LogP contribution in [-0.2, 0) is 16.6 Å². The third-order valence-corrected chi connectivity index (χ3v) is 6.25. The fourth-order valence-electron chi connectivity index (χ4n) is 3.10. The standard InChI is InChI=1S/C20H16ClFN4O3S/c1-29-16-8-4-10-23-15(16)11-24-20-25-19-13(12-5-2-7-14(22)18(12)21)6-3-9-17(19)30(27,28)26-20/h2-10H,11H2,1H3,(H2,24,25,26). The number of nitrogens with zero attached hydrogens (tertiary/aromatic N) is 2. The molecule has 3 aromatic rings. The zero-order valence-corrected chi connectivity index (χ0v) is 17.3. The van der Waals surface area contributed by atoms with Crippen LogP contribution in [0.3, 0.4) is 0 Å². The van der Waals surface area contributed by atoms with Gasteiger partial charge in [0.1, 0.15) is 22.2 Å². The summed E-state index contributed by atoms with van der Waals surface area (Å²) in [5.74, 6) is -0.0528. The molecule has 0 bridgehead atoms. The van der Waals surface area contributed by atoms with Crippen LogP contribution in [0.4, 0.5) is 10.1 Å². The number of aliphatic imine (C=N–C) groups is 1. The molecule has 2 heterocycles. The summed E-state index contributed by atoms with van der Waals surface area (Å²) in [5, 5.41) is 2.89. The van der Waals surface area contributed by atoms with E-state index in [2.05, 4.69) is 20.0 Å². The van der Waals surface area contributed by atoms with Crippen molar-refractivity contribution in [1.82, 2.24) is 9.71 Å². The number of anilines is 1. The number of aromatic nitrogens is 1. The molecule has 0 radical (unpaired) electrons. The molecule has 0 aliphatic carbocycles. The molecule has 2 aromatic carbocycles. The summed E-state index contributed by atoms with van der Waals surface area (Å²) in [7, 11) is -2.38. The van der Waals surface area contributed by atoms with Crippen LogP contribution in [0.5, 0.6) is 5.75 Å². The summed E-state index contributed by atoms with van der Waals surface area (Å²) >= 11 is 6.13. The number of ether oxygens (including phenoxy) is 1. The summed E-state index contributed by atoms with van der Waals surface area (Å²) in [6.07, 6.45) is 1.59. The van der Waals surface area contributed by atoms with Gasteiger partial charge in [-0.1, -0.05) is 35.9 Å². The van der Waals surface area contributed by atoms with E-state index in [0.29, 0.717) is 22.6 Å². The molecule has 1 aliphatic rings. The van der Waals surface area contributed by atoms with Gasteiger partial charge in [0.15, 0.2) is 0 Å². The van der Waals surface area contributed by atoms with Crippen LogP contribution < -0.4 is 14.8 Å². The minimum atomic E-state index is -3.90. The first kappa shape index (κ1) is 20.1. The summed E-state index contributed by atoms with van der Waals surface area (Å²) in [6, 6.07) is 12.5. The van der Waals surface area contributed by atoms with Gasteiger partial charge in [-0.05, 0) is 24.3 Å². The van der Waals surface area contributed by atoms with E-state index in [-0.39, 0.29) is 28.1 Å². The molecule has 7 nitrogen and oxygen atoms in total. The lowest BCUT2D eigenvalue weighted by atomic mass is 10.0. The highest BCUT2D eigenvalue weighted by molar-refractivity contribution is 7.90. The molecule has 0 fully saturated rings. The number of nitrogens with one attached hydrogen (secondary N) is 2. The molecular weight excluding hydrogens is 431 g/mol. The van der Waals surface area contributed by atoms with E-state index in [1.807, 2.05) is 0 Å². The first-order valence-corrected chi connectivity index (χ1v) is 10.7. The Kier molecular flexibility index (Phi) is 5.31. The largest absolute Gasteiger partial charge is 0.495 e. The molecule has 0 saturated heterocycles. The number of halogens is 2. The Morgan fingerprint density at radius 2 is 1.90 bits per heavy atom. The lowest BCUT2D eigenvalue weighted by Gasteiger charge is -2.24. The third kappa shape index (κ3) is 3.69. The summed E-state index contributed by atoms with van der Waals surface area (Å²) < 4.78 is 47.2. The Morgan fingerprint density at radius 3 is 2.70 bits per heavy atom. The summed E-state index contributed by atoms with van der Waals surface area (Å²) in [5.41, 5.74) is 1.60. The highest BCUT2D eigenvalue weighted by Gasteiger charge is 2.29. The number of sulfonamides is 1. The molecule has 0 amide bonds. The quantitative estimate of drug-likeness (QED) is 0.635. The molecule has 154 valence electrons. The van der Waals surface area contributed by atoms with Crippen LogP contribution in [0.1, 0.15) is 5.69 Å². The van der Waals surface area contributed by atoms with Crippen molar-refractivity contribution in [2.24, 2.45) is 4.99 Å². The van der Waals surface area contributed by atoms with Gasteiger partial charge in [0.05, 0.1) is 24.4 Å². The number of hydrogen-bond acceptors (Lipinski definition) is 5. The number of hydrogen-bond donors (Lipinski definition) is 2. The Balaban J connectivity index is 1.77. The molecule has 1 aliphatic heterocycles. The van der Waals surface area contributed by atoms with Gasteiger partial charge in [0.25, 0.3) is 10.0 Å². The maximum Gasteiger partial charge on any atom is 0.266 e. The molecule has 30 heavy (non-hydrogen) atoms. The second kappa shape index (κ2) is 7.92. The highest BCUT2D eigenvalue weighted by Crippen LogP contribution is 2.39. The zero-order valence-electron chi connectivity index (χ0n) is 15.7. The number of para-hydroxylation sites is 1. The topological polar surface area (TPSA) is 92.7 Å². The number of benzene rings is 2. The second-order valence-corrected chi connectivity index (χ2v) is 8.36. The summed E-state index contributed by atoms with van der Waals surface area (Å²) in [6.45, 7) is 0.0765. The minimum Gasteiger partial charge on any atom is -0.495 e. The number of guanidine groups is 1. The lowest BCUT2D eigenvalue weighted by molar-refractivity contribution is 0.407. The van der Waals surface area contributed by atoms with Crippen LogP contribution >= 0.6 is 11.6 Å². The predicted octanol–water partition coefficient (Wildman–Crippen LogP) is 3.81. The number of pyridine rings is 1. The van der Waals surface area contributed by atoms with Gasteiger partial charge >= 0.3 is 0 Å². The van der Waals surface area contributed by atoms with Crippen LogP contribution in [0.15, 0.2) is 64.6 Å². The van der Waals surface area contributed by atoms with Gasteiger partial charge in [0, 0.05) is 17.3 Å². The normalized spacial score (nSPS) is 15.8. The fourth-order valence-corrected chi connectivity index (χ4v) is 4.50. The van der Waals surface area contributed by atoms with Gasteiger partial charge < -0.3 is 10.1 Å². The molecule has 10 heteroatoms. The summed E-state index contributed by atoms with van der Waals surface area (Å²) in [4.78, 5) is 8.51. The van der Waals surface area contributed by atoms with Crippen molar-refractivity contribution >= 4 is 33.3 Å². The first-order valence-electron chi connectivity index (χ1n) is 8.80. The highest BCUT2D eigenvalue weighted by atomic mass is 35.5. The number of rotatable bonds is 4. The van der Waals surface area contributed by atoms with E-state index in [1.165, 1.54) is 25.3 Å². The van der Waals surface area contributed by atoms with E-state index in [9.17, 15) is 12.8 Å². The van der Waals surface area contributed by atoms with Crippen LogP contribution in [0.25, 0.3) is 11.1 Å². The fraction of sp³-hybridized carbons (Fsp3) is 0.100. The number of methoxy groups -OCH3 is 1. The van der Waals surface area contributed by atoms with E-state index < -0.39 is 15.8 Å². The van der Waals surface area contributed by atoms with Crippen molar-refractivity contribution in [2.45, 2.75) is 11.4 Å². The van der Waals surface area contributed by atoms with Crippen LogP contribution in [-0.4, -0.2) is 26.5 Å². The number of fused-ring (bicyclic) bond motifs is 1. The molecule has 0 atom stereocenters. The molecule has 1 aromatic heterocycles. The van der Waals surface area contributed by atoms with E-state index in [0.717, 1.165) is 0 Å². The van der Waals surface area contributed by atoms with Crippen molar-refractivity contribution < 1.29 is 17.5 Å². The Labute approximate surface area is 177 Å². The third-order valence-electron chi connectivity index (χ3n) is 4.49. The van der Waals surface area contributed by atoms with E-state index in [4.69, 9.17) is 16.3 Å². The van der Waals surface area contributed by atoms with E-state index >= 15 is 0 Å². The average molecular weight is 447 g/mol. The SMILES string of the molecule is COc1cccnc1CN=C1Nc2c(-c3cccc(F)c3Cl)cccc2S(=O)(=O)N1. The Hall–Kier alpha value is -3.17. The maximum absolute atomic E-state index is 14.0. The Morgan fingerprint density at radius 1 is 1.13 bits per heavy atom. The monoisotopic (exact) mass is 446 g/mol. The molecule has 0 saturated carbocycles. The average Bonchev–Trinajstić information content (AvgIpc) is 2.74.